The van der Waals surface area contributed by atoms with Gasteiger partial charge >= 0.3 is 163 Å². The molecule has 0 atom stereocenters. The zero-order valence-electron chi connectivity index (χ0n) is 13.6. The van der Waals surface area contributed by atoms with Gasteiger partial charge in [0.2, 0.25) is 0 Å². The van der Waals surface area contributed by atoms with Crippen molar-refractivity contribution in [3.63, 3.8) is 0 Å². The van der Waals surface area contributed by atoms with Gasteiger partial charge in [-0.05, 0) is 0 Å². The summed E-state index contributed by atoms with van der Waals surface area (Å²) in [5, 5.41) is 1.90. The van der Waals surface area contributed by atoms with Crippen LogP contribution < -0.4 is 0 Å². The van der Waals surface area contributed by atoms with E-state index >= 15 is 0 Å². The molecule has 0 spiro atoms. The molecule has 0 radical (unpaired) electrons. The van der Waals surface area contributed by atoms with Crippen LogP contribution in [0.3, 0.4) is 0 Å². The van der Waals surface area contributed by atoms with Crippen LogP contribution in [0, 0.1) is 19.7 Å². The fraction of sp³-hybridized carbons (Fsp3) is 0.125. The number of hydrogen-bond acceptors (Lipinski definition) is 5. The number of halogens is 4. The zero-order chi connectivity index (χ0) is 20.3. The molecule has 2 aromatic carbocycles. The molecule has 2 rings (SSSR count). The van der Waals surface area contributed by atoms with E-state index in [2.05, 4.69) is 6.44 Å². The normalized spacial score (nSPS) is 12.8. The van der Waals surface area contributed by atoms with Crippen LogP contribution in [-0.2, 0) is 22.5 Å². The third-order valence-electron chi connectivity index (χ3n) is 2.95. The van der Waals surface area contributed by atoms with Crippen LogP contribution in [0.5, 0.6) is 0 Å². The number of alkyl halides is 3. The van der Waals surface area contributed by atoms with Crippen LogP contribution in [-0.4, -0.2) is 22.3 Å². The quantitative estimate of drug-likeness (QED) is 0.340. The van der Waals surface area contributed by atoms with E-state index in [0.29, 0.717) is 0 Å². The van der Waals surface area contributed by atoms with E-state index in [1.54, 1.807) is 13.0 Å². The van der Waals surface area contributed by atoms with E-state index in [1.165, 1.54) is 48.5 Å². The van der Waals surface area contributed by atoms with Crippen LogP contribution in [0.2, 0.25) is 0 Å². The molecular weight excluding hydrogens is 520 g/mol. The standard InChI is InChI=1S/C16H12F3IO5S2/c1-13-7-9-15(10-8-13)26(21,22)12-11-20(14-5-3-2-4-6-14)25-27(23,24)16(17,18)19/h2-10H,1H3. The van der Waals surface area contributed by atoms with Crippen molar-refractivity contribution in [1.82, 2.24) is 0 Å². The SMILES string of the molecule is Cc1ccc(S(=O)(=O)C#CI(OS(=O)(=O)C(F)(F)F)c2ccccc2)cc1. The number of rotatable bonds is 4. The molecule has 146 valence electrons. The average Bonchev–Trinajstić information content (AvgIpc) is 2.59. The Balaban J connectivity index is 2.45. The minimum atomic E-state index is -5.91. The third kappa shape index (κ3) is 5.68. The second-order valence-corrected chi connectivity index (χ2v) is 12.5. The molecule has 11 heteroatoms. The molecule has 0 aromatic heterocycles. The van der Waals surface area contributed by atoms with Gasteiger partial charge in [0, 0.05) is 0 Å². The third-order valence-corrected chi connectivity index (χ3v) is 10.5. The summed E-state index contributed by atoms with van der Waals surface area (Å²) in [6.07, 6.45) is 0. The average molecular weight is 532 g/mol. The first-order chi connectivity index (χ1) is 12.4. The van der Waals surface area contributed by atoms with Crippen molar-refractivity contribution in [3.05, 3.63) is 63.7 Å². The van der Waals surface area contributed by atoms with Crippen molar-refractivity contribution in [2.24, 2.45) is 0 Å². The van der Waals surface area contributed by atoms with Gasteiger partial charge in [0.1, 0.15) is 0 Å². The second kappa shape index (κ2) is 8.17. The van der Waals surface area contributed by atoms with Crippen LogP contribution in [0.25, 0.3) is 0 Å². The second-order valence-electron chi connectivity index (χ2n) is 5.02. The predicted molar refractivity (Wildman–Crippen MR) is 101 cm³/mol. The first kappa shape index (κ1) is 21.7. The maximum atomic E-state index is 12.6. The van der Waals surface area contributed by atoms with Crippen LogP contribution in [0.4, 0.5) is 13.2 Å². The zero-order valence-corrected chi connectivity index (χ0v) is 17.4. The van der Waals surface area contributed by atoms with E-state index in [1.807, 2.05) is 5.25 Å². The van der Waals surface area contributed by atoms with Crippen molar-refractivity contribution < 1.29 is 32.5 Å². The molecule has 2 aromatic rings. The molecule has 0 saturated heterocycles. The molecule has 0 N–H and O–H groups in total. The van der Waals surface area contributed by atoms with Gasteiger partial charge in [0.15, 0.2) is 0 Å². The first-order valence-corrected chi connectivity index (χ1v) is 13.0. The topological polar surface area (TPSA) is 77.5 Å². The molecule has 0 aliphatic rings. The van der Waals surface area contributed by atoms with Crippen LogP contribution >= 0.6 is 20.2 Å². The Labute approximate surface area is 162 Å². The van der Waals surface area contributed by atoms with Gasteiger partial charge in [-0.1, -0.05) is 0 Å². The van der Waals surface area contributed by atoms with E-state index in [-0.39, 0.29) is 8.47 Å². The Morgan fingerprint density at radius 2 is 1.48 bits per heavy atom. The molecular formula is C16H12F3IO5S2. The Morgan fingerprint density at radius 1 is 0.926 bits per heavy atom. The number of sulfone groups is 1. The molecule has 0 aliphatic carbocycles. The molecule has 0 aliphatic heterocycles. The predicted octanol–water partition coefficient (Wildman–Crippen LogP) is 3.84. The van der Waals surface area contributed by atoms with Gasteiger partial charge in [-0.3, -0.25) is 0 Å². The summed E-state index contributed by atoms with van der Waals surface area (Å²) in [5.41, 5.74) is -4.83. The number of aryl methyl sites for hydroxylation is 1. The van der Waals surface area contributed by atoms with Gasteiger partial charge in [-0.25, -0.2) is 0 Å². The van der Waals surface area contributed by atoms with Gasteiger partial charge in [0.25, 0.3) is 0 Å². The molecule has 0 bridgehead atoms. The monoisotopic (exact) mass is 532 g/mol. The van der Waals surface area contributed by atoms with Gasteiger partial charge in [-0.2, -0.15) is 0 Å². The Kier molecular flexibility index (Phi) is 6.56. The van der Waals surface area contributed by atoms with Crippen molar-refractivity contribution in [2.45, 2.75) is 17.3 Å². The van der Waals surface area contributed by atoms with E-state index in [4.69, 9.17) is 0 Å². The summed E-state index contributed by atoms with van der Waals surface area (Å²) in [4.78, 5) is -0.150. The Bertz CT molecular complexity index is 1070. The molecule has 0 unspecified atom stereocenters. The summed E-state index contributed by atoms with van der Waals surface area (Å²) < 4.78 is 91.7. The fourth-order valence-electron chi connectivity index (χ4n) is 1.62. The van der Waals surface area contributed by atoms with Crippen molar-refractivity contribution in [2.75, 3.05) is 0 Å². The van der Waals surface area contributed by atoms with E-state index in [0.717, 1.165) is 5.56 Å². The van der Waals surface area contributed by atoms with Crippen molar-refractivity contribution >= 4 is 40.2 Å². The van der Waals surface area contributed by atoms with Gasteiger partial charge < -0.3 is 0 Å². The molecule has 5 nitrogen and oxygen atoms in total. The summed E-state index contributed by atoms with van der Waals surface area (Å²) in [6.45, 7) is 1.75. The summed E-state index contributed by atoms with van der Waals surface area (Å²) in [5.74, 6) is 0. The molecule has 27 heavy (non-hydrogen) atoms. The number of benzene rings is 2. The van der Waals surface area contributed by atoms with Gasteiger partial charge in [-0.15, -0.1) is 0 Å². The summed E-state index contributed by atoms with van der Waals surface area (Å²) in [7, 11) is -10.1. The molecule has 0 saturated carbocycles. The van der Waals surface area contributed by atoms with Crippen LogP contribution in [0.15, 0.2) is 59.5 Å². The van der Waals surface area contributed by atoms with Crippen LogP contribution in [0.1, 0.15) is 5.56 Å². The van der Waals surface area contributed by atoms with Crippen molar-refractivity contribution in [1.29, 1.82) is 0 Å². The molecule has 0 amide bonds. The summed E-state index contributed by atoms with van der Waals surface area (Å²) in [6, 6.07) is 12.8. The van der Waals surface area contributed by atoms with E-state index in [9.17, 15) is 30.0 Å². The van der Waals surface area contributed by atoms with Gasteiger partial charge in [0.05, 0.1) is 0 Å². The molecule has 0 fully saturated rings. The molecule has 0 heterocycles. The fourth-order valence-corrected chi connectivity index (χ4v) is 8.52. The van der Waals surface area contributed by atoms with E-state index < -0.39 is 45.7 Å². The number of hydrogen-bond donors (Lipinski definition) is 0. The minimum absolute atomic E-state index is 0.112. The Morgan fingerprint density at radius 3 is 2.00 bits per heavy atom. The summed E-state index contributed by atoms with van der Waals surface area (Å²) >= 11 is -3.81. The van der Waals surface area contributed by atoms with Crippen molar-refractivity contribution in [3.8, 4) is 9.18 Å². The first-order valence-electron chi connectivity index (χ1n) is 7.03. The maximum absolute atomic E-state index is 12.6. The Hall–Kier alpha value is -1.62.